The maximum atomic E-state index is 5.68. The lowest BCUT2D eigenvalue weighted by atomic mass is 10.2. The summed E-state index contributed by atoms with van der Waals surface area (Å²) in [6.45, 7) is 4.36. The zero-order valence-electron chi connectivity index (χ0n) is 10.8. The summed E-state index contributed by atoms with van der Waals surface area (Å²) in [7, 11) is 0. The maximum Gasteiger partial charge on any atom is 0.138 e. The summed E-state index contributed by atoms with van der Waals surface area (Å²) in [6.07, 6.45) is 5.20. The first-order valence-electron chi connectivity index (χ1n) is 6.01. The van der Waals surface area contributed by atoms with E-state index < -0.39 is 0 Å². The molecule has 0 spiro atoms. The minimum absolute atomic E-state index is 0.658. The lowest BCUT2D eigenvalue weighted by Gasteiger charge is -2.13. The predicted octanol–water partition coefficient (Wildman–Crippen LogP) is 4.07. The van der Waals surface area contributed by atoms with Crippen molar-refractivity contribution < 1.29 is 4.74 Å². The van der Waals surface area contributed by atoms with E-state index in [9.17, 15) is 0 Å². The van der Waals surface area contributed by atoms with Crippen LogP contribution in [0.15, 0.2) is 21.1 Å². The fourth-order valence-electron chi connectivity index (χ4n) is 1.55. The molecule has 0 unspecified atom stereocenters. The monoisotopic (exact) mass is 405 g/mol. The molecular formula is C14H17Br2NOS. The lowest BCUT2D eigenvalue weighted by Crippen LogP contribution is -2.17. The largest absolute Gasteiger partial charge is 0.492 e. The molecule has 0 radical (unpaired) electrons. The highest BCUT2D eigenvalue weighted by atomic mass is 79.9. The second kappa shape index (κ2) is 9.71. The van der Waals surface area contributed by atoms with Crippen molar-refractivity contribution in [3.05, 3.63) is 26.6 Å². The van der Waals surface area contributed by atoms with Crippen molar-refractivity contribution in [2.45, 2.75) is 13.5 Å². The van der Waals surface area contributed by atoms with E-state index in [0.29, 0.717) is 6.61 Å². The summed E-state index contributed by atoms with van der Waals surface area (Å²) in [5.41, 5.74) is 1.14. The quantitative estimate of drug-likeness (QED) is 0.519. The van der Waals surface area contributed by atoms with E-state index in [4.69, 9.17) is 11.2 Å². The molecule has 1 N–H and O–H groups in total. The third-order valence-electron chi connectivity index (χ3n) is 2.30. The summed E-state index contributed by atoms with van der Waals surface area (Å²) in [5, 5.41) is 3.40. The third-order valence-corrected chi connectivity index (χ3v) is 4.21. The fraction of sp³-hybridized carbons (Fsp3) is 0.429. The molecule has 1 rings (SSSR count). The number of ether oxygens (including phenoxy) is 1. The van der Waals surface area contributed by atoms with Gasteiger partial charge in [-0.05, 0) is 35.0 Å². The van der Waals surface area contributed by atoms with E-state index in [1.165, 1.54) is 0 Å². The molecule has 19 heavy (non-hydrogen) atoms. The minimum Gasteiger partial charge on any atom is -0.492 e. The molecule has 0 aromatic heterocycles. The van der Waals surface area contributed by atoms with E-state index in [2.05, 4.69) is 49.2 Å². The van der Waals surface area contributed by atoms with Crippen molar-refractivity contribution in [1.82, 2.24) is 5.32 Å². The van der Waals surface area contributed by atoms with Gasteiger partial charge in [-0.15, -0.1) is 18.2 Å². The van der Waals surface area contributed by atoms with Crippen LogP contribution in [0.25, 0.3) is 0 Å². The molecule has 0 heterocycles. The lowest BCUT2D eigenvalue weighted by molar-refractivity contribution is 0.333. The molecule has 1 aromatic carbocycles. The van der Waals surface area contributed by atoms with Crippen LogP contribution in [0.2, 0.25) is 0 Å². The highest BCUT2D eigenvalue weighted by molar-refractivity contribution is 9.11. The Hall–Kier alpha value is -0.150. The molecule has 0 aliphatic carbocycles. The fourth-order valence-corrected chi connectivity index (χ4v) is 3.53. The van der Waals surface area contributed by atoms with E-state index in [0.717, 1.165) is 44.9 Å². The Kier molecular flexibility index (Phi) is 8.64. The summed E-state index contributed by atoms with van der Waals surface area (Å²) in [5.74, 6) is 5.32. The molecule has 0 atom stereocenters. The molecule has 0 fully saturated rings. The molecule has 104 valence electrons. The van der Waals surface area contributed by atoms with Gasteiger partial charge in [-0.2, -0.15) is 0 Å². The van der Waals surface area contributed by atoms with Crippen molar-refractivity contribution in [3.8, 4) is 18.1 Å². The first-order chi connectivity index (χ1) is 9.19. The topological polar surface area (TPSA) is 21.3 Å². The van der Waals surface area contributed by atoms with Gasteiger partial charge in [-0.3, -0.25) is 0 Å². The Morgan fingerprint density at radius 1 is 1.42 bits per heavy atom. The Morgan fingerprint density at radius 2 is 2.21 bits per heavy atom. The number of thioether (sulfide) groups is 1. The second-order valence-electron chi connectivity index (χ2n) is 3.74. The summed E-state index contributed by atoms with van der Waals surface area (Å²) in [6, 6.07) is 4.08. The van der Waals surface area contributed by atoms with E-state index >= 15 is 0 Å². The molecule has 0 saturated heterocycles. The zero-order chi connectivity index (χ0) is 14.1. The predicted molar refractivity (Wildman–Crippen MR) is 90.9 cm³/mol. The molecule has 0 aliphatic rings. The van der Waals surface area contributed by atoms with Crippen LogP contribution >= 0.6 is 43.6 Å². The van der Waals surface area contributed by atoms with Crippen molar-refractivity contribution in [2.24, 2.45) is 0 Å². The summed E-state index contributed by atoms with van der Waals surface area (Å²) < 4.78 is 7.70. The number of rotatable bonds is 8. The van der Waals surface area contributed by atoms with Gasteiger partial charge in [0.15, 0.2) is 0 Å². The van der Waals surface area contributed by atoms with E-state index in [1.54, 1.807) is 11.8 Å². The summed E-state index contributed by atoms with van der Waals surface area (Å²) in [4.78, 5) is 0. The van der Waals surface area contributed by atoms with Gasteiger partial charge in [-0.1, -0.05) is 21.9 Å². The number of hydrogen-bond acceptors (Lipinski definition) is 3. The average molecular weight is 407 g/mol. The van der Waals surface area contributed by atoms with Crippen molar-refractivity contribution >= 4 is 43.6 Å². The molecule has 0 saturated carbocycles. The van der Waals surface area contributed by atoms with Gasteiger partial charge in [0.05, 0.1) is 16.8 Å². The third kappa shape index (κ3) is 6.22. The Labute approximate surface area is 136 Å². The Bertz CT molecular complexity index is 446. The second-order valence-corrected chi connectivity index (χ2v) is 6.62. The maximum absolute atomic E-state index is 5.68. The van der Waals surface area contributed by atoms with Crippen LogP contribution in [0.1, 0.15) is 12.5 Å². The number of terminal acetylenes is 1. The smallest absolute Gasteiger partial charge is 0.138 e. The zero-order valence-corrected chi connectivity index (χ0v) is 14.8. The molecule has 0 amide bonds. The van der Waals surface area contributed by atoms with Gasteiger partial charge in [0.2, 0.25) is 0 Å². The van der Waals surface area contributed by atoms with E-state index in [1.807, 2.05) is 13.0 Å². The van der Waals surface area contributed by atoms with E-state index in [-0.39, 0.29) is 0 Å². The van der Waals surface area contributed by atoms with Gasteiger partial charge in [-0.25, -0.2) is 0 Å². The van der Waals surface area contributed by atoms with Crippen LogP contribution in [0.5, 0.6) is 5.75 Å². The van der Waals surface area contributed by atoms with Crippen LogP contribution in [-0.4, -0.2) is 24.7 Å². The molecule has 0 bridgehead atoms. The van der Waals surface area contributed by atoms with Crippen LogP contribution in [0.4, 0.5) is 0 Å². The summed E-state index contributed by atoms with van der Waals surface area (Å²) >= 11 is 8.80. The van der Waals surface area contributed by atoms with Gasteiger partial charge in [0, 0.05) is 28.9 Å². The molecule has 1 aromatic rings. The first-order valence-corrected chi connectivity index (χ1v) is 8.75. The van der Waals surface area contributed by atoms with Gasteiger partial charge in [0.1, 0.15) is 5.75 Å². The van der Waals surface area contributed by atoms with Crippen LogP contribution < -0.4 is 10.1 Å². The standard InChI is InChI=1S/C14H17Br2NOS/c1-3-6-19-7-5-17-10-11-8-12(15)9-13(16)14(11)18-4-2/h1,8-9,17H,4-7,10H2,2H3. The molecule has 5 heteroatoms. The van der Waals surface area contributed by atoms with Crippen LogP contribution in [0.3, 0.4) is 0 Å². The van der Waals surface area contributed by atoms with Crippen molar-refractivity contribution in [3.63, 3.8) is 0 Å². The van der Waals surface area contributed by atoms with Crippen LogP contribution in [-0.2, 0) is 6.54 Å². The Balaban J connectivity index is 2.54. The van der Waals surface area contributed by atoms with Crippen molar-refractivity contribution in [2.75, 3.05) is 24.7 Å². The number of hydrogen-bond donors (Lipinski definition) is 1. The normalized spacial score (nSPS) is 10.2. The number of halogens is 2. The SMILES string of the molecule is C#CCSCCNCc1cc(Br)cc(Br)c1OCC. The molecule has 0 aliphatic heterocycles. The number of nitrogens with one attached hydrogen (secondary N) is 1. The highest BCUT2D eigenvalue weighted by Gasteiger charge is 2.09. The average Bonchev–Trinajstić information content (AvgIpc) is 2.37. The minimum atomic E-state index is 0.658. The van der Waals surface area contributed by atoms with Crippen LogP contribution in [0, 0.1) is 12.3 Å². The van der Waals surface area contributed by atoms with Gasteiger partial charge < -0.3 is 10.1 Å². The van der Waals surface area contributed by atoms with Gasteiger partial charge in [0.25, 0.3) is 0 Å². The highest BCUT2D eigenvalue weighted by Crippen LogP contribution is 2.32. The van der Waals surface area contributed by atoms with Crippen molar-refractivity contribution in [1.29, 1.82) is 0 Å². The Morgan fingerprint density at radius 3 is 2.89 bits per heavy atom. The molecular weight excluding hydrogens is 390 g/mol. The first kappa shape index (κ1) is 16.9. The molecule has 2 nitrogen and oxygen atoms in total. The number of benzene rings is 1. The van der Waals surface area contributed by atoms with Gasteiger partial charge >= 0.3 is 0 Å².